The second kappa shape index (κ2) is 5.86. The molecule has 1 aliphatic heterocycles. The molecule has 0 radical (unpaired) electrons. The van der Waals surface area contributed by atoms with Crippen LogP contribution in [0.3, 0.4) is 0 Å². The zero-order valence-electron chi connectivity index (χ0n) is 11.4. The van der Waals surface area contributed by atoms with E-state index in [0.29, 0.717) is 11.3 Å². The number of halogens is 1. The van der Waals surface area contributed by atoms with Gasteiger partial charge in [0.25, 0.3) is 0 Å². The molecule has 1 heterocycles. The molecule has 0 aromatic heterocycles. The fraction of sp³-hybridized carbons (Fsp3) is 0.385. The summed E-state index contributed by atoms with van der Waals surface area (Å²) in [5.41, 5.74) is 0.932. The summed E-state index contributed by atoms with van der Waals surface area (Å²) in [5, 5.41) is 5.02. The Kier molecular flexibility index (Phi) is 4.50. The van der Waals surface area contributed by atoms with Crippen molar-refractivity contribution in [1.82, 2.24) is 0 Å². The molecule has 8 heteroatoms. The maximum atomic E-state index is 12.1. The van der Waals surface area contributed by atoms with E-state index in [2.05, 4.69) is 15.9 Å². The van der Waals surface area contributed by atoms with Gasteiger partial charge in [0.1, 0.15) is 0 Å². The van der Waals surface area contributed by atoms with Crippen LogP contribution in [0.1, 0.15) is 23.7 Å². The van der Waals surface area contributed by atoms with Gasteiger partial charge in [-0.1, -0.05) is 15.9 Å². The van der Waals surface area contributed by atoms with Crippen molar-refractivity contribution in [1.29, 1.82) is 0 Å². The van der Waals surface area contributed by atoms with E-state index < -0.39 is 10.0 Å². The van der Waals surface area contributed by atoms with Crippen LogP contribution in [0.15, 0.2) is 22.7 Å². The summed E-state index contributed by atoms with van der Waals surface area (Å²) in [6, 6.07) is 5.07. The van der Waals surface area contributed by atoms with Crippen LogP contribution in [-0.2, 0) is 14.8 Å². The summed E-state index contributed by atoms with van der Waals surface area (Å²) in [4.78, 5) is 25.3. The molecule has 6 nitrogen and oxygen atoms in total. The molecule has 1 aliphatic rings. The highest BCUT2D eigenvalue weighted by Gasteiger charge is 2.34. The maximum absolute atomic E-state index is 12.1. The van der Waals surface area contributed by atoms with E-state index in [1.54, 1.807) is 18.2 Å². The average molecular weight is 375 g/mol. The van der Waals surface area contributed by atoms with Crippen LogP contribution in [0.2, 0.25) is 0 Å². The lowest BCUT2D eigenvalue weighted by Gasteiger charge is -2.19. The number of carbonyl (C=O) groups excluding carboxylic acids is 2. The van der Waals surface area contributed by atoms with E-state index in [1.165, 1.54) is 11.8 Å². The molecule has 1 unspecified atom stereocenters. The Morgan fingerprint density at radius 2 is 2.14 bits per heavy atom. The smallest absolute Gasteiger partial charge is 0.227 e. The Morgan fingerprint density at radius 1 is 1.48 bits per heavy atom. The number of nitrogens with two attached hydrogens (primary N) is 1. The molecular formula is C13H15BrN2O4S. The first-order valence-corrected chi connectivity index (χ1v) is 8.79. The van der Waals surface area contributed by atoms with Gasteiger partial charge in [0.15, 0.2) is 5.78 Å². The minimum Gasteiger partial charge on any atom is -0.311 e. The Balaban J connectivity index is 2.31. The highest BCUT2D eigenvalue weighted by molar-refractivity contribution is 9.10. The Hall–Kier alpha value is -1.25. The number of nitrogens with zero attached hydrogens (tertiary/aromatic N) is 1. The quantitative estimate of drug-likeness (QED) is 0.802. The SMILES string of the molecule is CC(=O)c1cc(Br)ccc1N1CC(CS(N)(=O)=O)CC1=O. The van der Waals surface area contributed by atoms with Gasteiger partial charge in [0.05, 0.1) is 11.4 Å². The minimum absolute atomic E-state index is 0.115. The number of Topliss-reactive ketones (excluding diaryl/α,β-unsaturated/α-hetero) is 1. The lowest BCUT2D eigenvalue weighted by atomic mass is 10.1. The molecule has 1 aromatic rings. The first kappa shape index (κ1) is 16.1. The number of rotatable bonds is 4. The third-order valence-electron chi connectivity index (χ3n) is 3.30. The largest absolute Gasteiger partial charge is 0.311 e. The number of amides is 1. The normalized spacial score (nSPS) is 19.1. The molecule has 0 bridgehead atoms. The van der Waals surface area contributed by atoms with E-state index in [1.807, 2.05) is 0 Å². The van der Waals surface area contributed by atoms with Gasteiger partial charge in [-0.3, -0.25) is 9.59 Å². The van der Waals surface area contributed by atoms with Crippen molar-refractivity contribution in [2.45, 2.75) is 13.3 Å². The lowest BCUT2D eigenvalue weighted by Crippen LogP contribution is -2.28. The number of sulfonamides is 1. The summed E-state index contributed by atoms with van der Waals surface area (Å²) >= 11 is 3.29. The van der Waals surface area contributed by atoms with Crippen molar-refractivity contribution in [2.24, 2.45) is 11.1 Å². The van der Waals surface area contributed by atoms with Crippen molar-refractivity contribution in [2.75, 3.05) is 17.2 Å². The summed E-state index contributed by atoms with van der Waals surface area (Å²) in [6.07, 6.45) is 0.115. The number of hydrogen-bond acceptors (Lipinski definition) is 4. The van der Waals surface area contributed by atoms with Gasteiger partial charge in [-0.05, 0) is 25.1 Å². The molecular weight excluding hydrogens is 360 g/mol. The number of hydrogen-bond donors (Lipinski definition) is 1. The molecule has 0 spiro atoms. The molecule has 1 atom stereocenters. The third-order valence-corrected chi connectivity index (χ3v) is 4.73. The topological polar surface area (TPSA) is 97.5 Å². The van der Waals surface area contributed by atoms with Crippen molar-refractivity contribution >= 4 is 43.3 Å². The number of carbonyl (C=O) groups is 2. The van der Waals surface area contributed by atoms with Gasteiger partial charge in [-0.15, -0.1) is 0 Å². The summed E-state index contributed by atoms with van der Waals surface area (Å²) in [5.74, 6) is -0.945. The number of primary sulfonamides is 1. The molecule has 0 aliphatic carbocycles. The Labute approximate surface area is 131 Å². The molecule has 2 N–H and O–H groups in total. The van der Waals surface area contributed by atoms with Gasteiger partial charge in [-0.25, -0.2) is 13.6 Å². The van der Waals surface area contributed by atoms with Crippen LogP contribution in [-0.4, -0.2) is 32.4 Å². The van der Waals surface area contributed by atoms with Crippen LogP contribution in [0.4, 0.5) is 5.69 Å². The van der Waals surface area contributed by atoms with Crippen LogP contribution < -0.4 is 10.0 Å². The van der Waals surface area contributed by atoms with E-state index >= 15 is 0 Å². The van der Waals surface area contributed by atoms with Gasteiger partial charge in [0.2, 0.25) is 15.9 Å². The molecule has 1 aromatic carbocycles. The zero-order chi connectivity index (χ0) is 15.8. The molecule has 0 saturated carbocycles. The summed E-state index contributed by atoms with van der Waals surface area (Å²) in [6.45, 7) is 1.67. The highest BCUT2D eigenvalue weighted by Crippen LogP contribution is 2.30. The standard InChI is InChI=1S/C13H15BrN2O4S/c1-8(17)11-5-10(14)2-3-12(11)16-6-9(4-13(16)18)7-21(15,19)20/h2-3,5,9H,4,6-7H2,1H3,(H2,15,19,20). The first-order chi connectivity index (χ1) is 9.67. The third kappa shape index (κ3) is 3.90. The predicted octanol–water partition coefficient (Wildman–Crippen LogP) is 1.29. The van der Waals surface area contributed by atoms with E-state index in [9.17, 15) is 18.0 Å². The Bertz CT molecular complexity index is 702. The number of ketones is 1. The molecule has 21 heavy (non-hydrogen) atoms. The monoisotopic (exact) mass is 374 g/mol. The maximum Gasteiger partial charge on any atom is 0.227 e. The molecule has 114 valence electrons. The Morgan fingerprint density at radius 3 is 2.71 bits per heavy atom. The molecule has 1 fully saturated rings. The van der Waals surface area contributed by atoms with Crippen molar-refractivity contribution in [3.63, 3.8) is 0 Å². The van der Waals surface area contributed by atoms with E-state index in [-0.39, 0.29) is 36.3 Å². The highest BCUT2D eigenvalue weighted by atomic mass is 79.9. The van der Waals surface area contributed by atoms with Crippen LogP contribution in [0.5, 0.6) is 0 Å². The number of benzene rings is 1. The van der Waals surface area contributed by atoms with Gasteiger partial charge in [-0.2, -0.15) is 0 Å². The van der Waals surface area contributed by atoms with Crippen molar-refractivity contribution in [3.8, 4) is 0 Å². The van der Waals surface area contributed by atoms with Crippen LogP contribution in [0, 0.1) is 5.92 Å². The van der Waals surface area contributed by atoms with Crippen LogP contribution in [0.25, 0.3) is 0 Å². The second-order valence-corrected chi connectivity index (χ2v) is 7.70. The van der Waals surface area contributed by atoms with Crippen LogP contribution >= 0.6 is 15.9 Å². The minimum atomic E-state index is -3.62. The lowest BCUT2D eigenvalue weighted by molar-refractivity contribution is -0.117. The van der Waals surface area contributed by atoms with E-state index in [4.69, 9.17) is 5.14 Å². The molecule has 1 saturated heterocycles. The summed E-state index contributed by atoms with van der Waals surface area (Å²) in [7, 11) is -3.62. The fourth-order valence-electron chi connectivity index (χ4n) is 2.48. The molecule has 1 amide bonds. The van der Waals surface area contributed by atoms with Gasteiger partial charge >= 0.3 is 0 Å². The van der Waals surface area contributed by atoms with Crippen molar-refractivity contribution in [3.05, 3.63) is 28.2 Å². The second-order valence-electron chi connectivity index (χ2n) is 5.12. The first-order valence-electron chi connectivity index (χ1n) is 6.28. The average Bonchev–Trinajstić information content (AvgIpc) is 2.67. The van der Waals surface area contributed by atoms with E-state index in [0.717, 1.165) is 4.47 Å². The van der Waals surface area contributed by atoms with Crippen molar-refractivity contribution < 1.29 is 18.0 Å². The molecule has 2 rings (SSSR count). The fourth-order valence-corrected chi connectivity index (χ4v) is 3.72. The predicted molar refractivity (Wildman–Crippen MR) is 82.6 cm³/mol. The zero-order valence-corrected chi connectivity index (χ0v) is 13.8. The van der Waals surface area contributed by atoms with Gasteiger partial charge < -0.3 is 4.90 Å². The number of anilines is 1. The summed E-state index contributed by atoms with van der Waals surface area (Å²) < 4.78 is 23.0. The van der Waals surface area contributed by atoms with Gasteiger partial charge in [0, 0.05) is 28.9 Å².